The third-order valence-electron chi connectivity index (χ3n) is 2.56. The molecule has 0 saturated carbocycles. The lowest BCUT2D eigenvalue weighted by Gasteiger charge is -2.33. The summed E-state index contributed by atoms with van der Waals surface area (Å²) in [4.78, 5) is 0.0759. The lowest BCUT2D eigenvalue weighted by Crippen LogP contribution is -2.49. The van der Waals surface area contributed by atoms with E-state index in [0.717, 1.165) is 11.3 Å². The maximum atomic E-state index is 12.5. The van der Waals surface area contributed by atoms with Gasteiger partial charge in [-0.15, -0.1) is 11.3 Å². The van der Waals surface area contributed by atoms with Gasteiger partial charge in [0.2, 0.25) is 10.0 Å². The van der Waals surface area contributed by atoms with Crippen LogP contribution < -0.4 is 0 Å². The van der Waals surface area contributed by atoms with Crippen molar-refractivity contribution >= 4 is 60.5 Å². The first-order valence-electron chi connectivity index (χ1n) is 5.07. The molecule has 0 aliphatic carbocycles. The molecule has 1 unspecified atom stereocenters. The summed E-state index contributed by atoms with van der Waals surface area (Å²) in [5.74, 6) is 0. The summed E-state index contributed by atoms with van der Waals surface area (Å²) in [7, 11) is -3.62. The number of nitrogens with zero attached hydrogens (tertiary/aromatic N) is 1. The van der Waals surface area contributed by atoms with Gasteiger partial charge in [0.05, 0.1) is 23.6 Å². The van der Waals surface area contributed by atoms with Crippen LogP contribution in [0.5, 0.6) is 0 Å². The van der Waals surface area contributed by atoms with Gasteiger partial charge in [-0.1, -0.05) is 39.1 Å². The van der Waals surface area contributed by atoms with Gasteiger partial charge < -0.3 is 4.74 Å². The molecule has 2 heterocycles. The molecule has 18 heavy (non-hydrogen) atoms. The highest BCUT2D eigenvalue weighted by atomic mass is 79.9. The van der Waals surface area contributed by atoms with Crippen molar-refractivity contribution in [1.82, 2.24) is 4.31 Å². The highest BCUT2D eigenvalue weighted by Crippen LogP contribution is 2.36. The fourth-order valence-electron chi connectivity index (χ4n) is 1.70. The van der Waals surface area contributed by atoms with Crippen molar-refractivity contribution < 1.29 is 13.2 Å². The molecule has 1 aromatic rings. The minimum Gasteiger partial charge on any atom is -0.378 e. The van der Waals surface area contributed by atoms with E-state index in [1.54, 1.807) is 0 Å². The minimum absolute atomic E-state index is 0.0759. The van der Waals surface area contributed by atoms with Gasteiger partial charge in [-0.2, -0.15) is 4.31 Å². The molecule has 1 aliphatic heterocycles. The Balaban J connectivity index is 2.38. The Kier molecular flexibility index (Phi) is 4.97. The lowest BCUT2D eigenvalue weighted by atomic mass is 10.3. The Morgan fingerprint density at radius 2 is 2.28 bits per heavy atom. The quantitative estimate of drug-likeness (QED) is 0.740. The van der Waals surface area contributed by atoms with E-state index >= 15 is 0 Å². The van der Waals surface area contributed by atoms with Crippen LogP contribution in [0.3, 0.4) is 0 Å². The van der Waals surface area contributed by atoms with Gasteiger partial charge in [-0.05, 0) is 6.07 Å². The zero-order valence-electron chi connectivity index (χ0n) is 9.11. The number of hydrogen-bond acceptors (Lipinski definition) is 4. The summed E-state index contributed by atoms with van der Waals surface area (Å²) in [6, 6.07) is 1.17. The molecule has 1 fully saturated rings. The molecule has 102 valence electrons. The largest absolute Gasteiger partial charge is 0.378 e. The summed E-state index contributed by atoms with van der Waals surface area (Å²) in [6.45, 7) is 1.08. The number of rotatable bonds is 3. The smallest absolute Gasteiger partial charge is 0.245 e. The van der Waals surface area contributed by atoms with Crippen LogP contribution in [-0.2, 0) is 14.8 Å². The van der Waals surface area contributed by atoms with Crippen LogP contribution in [-0.4, -0.2) is 43.9 Å². The molecule has 0 amide bonds. The van der Waals surface area contributed by atoms with E-state index in [0.29, 0.717) is 29.4 Å². The van der Waals surface area contributed by atoms with Crippen molar-refractivity contribution in [3.8, 4) is 0 Å². The second kappa shape index (κ2) is 5.95. The first kappa shape index (κ1) is 15.0. The van der Waals surface area contributed by atoms with Crippen LogP contribution >= 0.6 is 50.5 Å². The van der Waals surface area contributed by atoms with Crippen LogP contribution in [0.4, 0.5) is 0 Å². The van der Waals surface area contributed by atoms with Gasteiger partial charge in [0.15, 0.2) is 0 Å². The van der Waals surface area contributed by atoms with Crippen molar-refractivity contribution in [3.05, 3.63) is 14.7 Å². The van der Waals surface area contributed by atoms with Gasteiger partial charge in [-0.3, -0.25) is 0 Å². The number of hydrogen-bond donors (Lipinski definition) is 0. The molecular weight excluding hydrogens is 385 g/mol. The molecule has 1 aromatic heterocycles. The standard InChI is InChI=1S/C9H10BrCl2NO3S2/c10-4-6-5-16-2-1-13(6)18(14,15)7-3-8(11)17-9(7)12/h3,6H,1-2,4-5H2. The van der Waals surface area contributed by atoms with Crippen molar-refractivity contribution in [3.63, 3.8) is 0 Å². The van der Waals surface area contributed by atoms with Crippen molar-refractivity contribution in [2.45, 2.75) is 10.9 Å². The average molecular weight is 395 g/mol. The van der Waals surface area contributed by atoms with E-state index in [1.807, 2.05) is 0 Å². The Morgan fingerprint density at radius 1 is 1.56 bits per heavy atom. The van der Waals surface area contributed by atoms with E-state index in [1.165, 1.54) is 10.4 Å². The van der Waals surface area contributed by atoms with E-state index in [9.17, 15) is 8.42 Å². The van der Waals surface area contributed by atoms with Crippen LogP contribution in [0.15, 0.2) is 11.0 Å². The molecule has 9 heteroatoms. The topological polar surface area (TPSA) is 46.6 Å². The summed E-state index contributed by atoms with van der Waals surface area (Å²) in [5.41, 5.74) is 0. The molecular formula is C9H10BrCl2NO3S2. The Bertz CT molecular complexity index is 534. The van der Waals surface area contributed by atoms with Gasteiger partial charge in [-0.25, -0.2) is 8.42 Å². The van der Waals surface area contributed by atoms with Crippen LogP contribution in [0.2, 0.25) is 8.67 Å². The number of thiophene rings is 1. The Labute approximate surface area is 128 Å². The number of halogens is 3. The molecule has 0 radical (unpaired) electrons. The van der Waals surface area contributed by atoms with Crippen LogP contribution in [0, 0.1) is 0 Å². The van der Waals surface area contributed by atoms with Crippen LogP contribution in [0.1, 0.15) is 0 Å². The highest BCUT2D eigenvalue weighted by molar-refractivity contribution is 9.09. The molecule has 1 aliphatic rings. The van der Waals surface area contributed by atoms with Crippen molar-refractivity contribution in [1.29, 1.82) is 0 Å². The normalized spacial score (nSPS) is 22.3. The monoisotopic (exact) mass is 393 g/mol. The van der Waals surface area contributed by atoms with E-state index in [4.69, 9.17) is 27.9 Å². The second-order valence-corrected chi connectivity index (χ2v) is 8.48. The number of ether oxygens (including phenoxy) is 1. The number of sulfonamides is 1. The SMILES string of the molecule is O=S(=O)(c1cc(Cl)sc1Cl)N1CCOCC1CBr. The van der Waals surface area contributed by atoms with Crippen molar-refractivity contribution in [2.75, 3.05) is 25.1 Å². The maximum Gasteiger partial charge on any atom is 0.245 e. The zero-order chi connectivity index (χ0) is 13.3. The van der Waals surface area contributed by atoms with E-state index < -0.39 is 10.0 Å². The van der Waals surface area contributed by atoms with Gasteiger partial charge in [0.1, 0.15) is 9.23 Å². The van der Waals surface area contributed by atoms with Gasteiger partial charge >= 0.3 is 0 Å². The fraction of sp³-hybridized carbons (Fsp3) is 0.556. The molecule has 0 bridgehead atoms. The molecule has 0 N–H and O–H groups in total. The first-order chi connectivity index (χ1) is 8.46. The minimum atomic E-state index is -3.62. The summed E-state index contributed by atoms with van der Waals surface area (Å²) in [5, 5.41) is 0.516. The highest BCUT2D eigenvalue weighted by Gasteiger charge is 2.35. The van der Waals surface area contributed by atoms with Crippen LogP contribution in [0.25, 0.3) is 0 Å². The number of morpholine rings is 1. The molecule has 4 nitrogen and oxygen atoms in total. The summed E-state index contributed by atoms with van der Waals surface area (Å²) >= 11 is 16.1. The molecule has 2 rings (SSSR count). The maximum absolute atomic E-state index is 12.5. The third-order valence-corrected chi connectivity index (χ3v) is 7.02. The average Bonchev–Trinajstić information content (AvgIpc) is 2.69. The molecule has 0 spiro atoms. The van der Waals surface area contributed by atoms with Gasteiger partial charge in [0, 0.05) is 11.9 Å². The summed E-state index contributed by atoms with van der Waals surface area (Å²) in [6.07, 6.45) is 0. The van der Waals surface area contributed by atoms with E-state index in [-0.39, 0.29) is 15.3 Å². The van der Waals surface area contributed by atoms with Crippen molar-refractivity contribution in [2.24, 2.45) is 0 Å². The zero-order valence-corrected chi connectivity index (χ0v) is 13.8. The number of alkyl halides is 1. The first-order valence-corrected chi connectivity index (χ1v) is 9.20. The Morgan fingerprint density at radius 3 is 2.83 bits per heavy atom. The summed E-state index contributed by atoms with van der Waals surface area (Å²) < 4.78 is 32.3. The van der Waals surface area contributed by atoms with E-state index in [2.05, 4.69) is 15.9 Å². The third kappa shape index (κ3) is 2.87. The predicted molar refractivity (Wildman–Crippen MR) is 76.6 cm³/mol. The molecule has 1 atom stereocenters. The fourth-order valence-corrected chi connectivity index (χ4v) is 6.14. The van der Waals surface area contributed by atoms with Gasteiger partial charge in [0.25, 0.3) is 0 Å². The molecule has 1 saturated heterocycles. The molecule has 0 aromatic carbocycles. The Hall–Kier alpha value is 0.630. The predicted octanol–water partition coefficient (Wildman–Crippen LogP) is 2.84. The second-order valence-electron chi connectivity index (χ2n) is 3.69. The lowest BCUT2D eigenvalue weighted by molar-refractivity contribution is 0.0413.